The zero-order chi connectivity index (χ0) is 14.1. The Morgan fingerprint density at radius 3 is 2.85 bits per heavy atom. The molecule has 2 aromatic rings. The number of aromatic nitrogens is 1. The van der Waals surface area contributed by atoms with Gasteiger partial charge in [-0.3, -0.25) is 4.57 Å². The molecule has 0 aliphatic carbocycles. The molecule has 1 N–H and O–H groups in total. The van der Waals surface area contributed by atoms with Crippen LogP contribution in [-0.4, -0.2) is 30.7 Å². The van der Waals surface area contributed by atoms with E-state index in [2.05, 4.69) is 10.1 Å². The van der Waals surface area contributed by atoms with Crippen LogP contribution >= 0.6 is 0 Å². The molecule has 6 nitrogen and oxygen atoms in total. The van der Waals surface area contributed by atoms with Crippen LogP contribution in [0.5, 0.6) is 0 Å². The number of benzene rings is 1. The first-order valence-corrected chi connectivity index (χ1v) is 6.65. The van der Waals surface area contributed by atoms with Gasteiger partial charge in [-0.2, -0.15) is 0 Å². The summed E-state index contributed by atoms with van der Waals surface area (Å²) in [5.74, 6) is -0.807. The summed E-state index contributed by atoms with van der Waals surface area (Å²) < 4.78 is 11.6. The van der Waals surface area contributed by atoms with E-state index in [1.165, 1.54) is 7.11 Å². The zero-order valence-electron chi connectivity index (χ0n) is 11.2. The van der Waals surface area contributed by atoms with Gasteiger partial charge in [-0.1, -0.05) is 0 Å². The lowest BCUT2D eigenvalue weighted by Gasteiger charge is -2.23. The Morgan fingerprint density at radius 1 is 1.40 bits per heavy atom. The number of methoxy groups -OCH3 is 1. The molecule has 0 amide bonds. The predicted molar refractivity (Wildman–Crippen MR) is 73.0 cm³/mol. The van der Waals surface area contributed by atoms with Crippen LogP contribution < -0.4 is 11.1 Å². The number of nitrogens with one attached hydrogen (secondary N) is 1. The van der Waals surface area contributed by atoms with Gasteiger partial charge in [0, 0.05) is 6.04 Å². The van der Waals surface area contributed by atoms with Gasteiger partial charge in [-0.05, 0) is 44.1 Å². The van der Waals surface area contributed by atoms with Crippen LogP contribution in [0.25, 0.3) is 11.1 Å². The van der Waals surface area contributed by atoms with Gasteiger partial charge in [-0.25, -0.2) is 9.59 Å². The molecule has 1 aromatic carbocycles. The van der Waals surface area contributed by atoms with Crippen molar-refractivity contribution in [1.82, 2.24) is 9.88 Å². The van der Waals surface area contributed by atoms with Crippen molar-refractivity contribution in [3.05, 3.63) is 34.3 Å². The fourth-order valence-corrected chi connectivity index (χ4v) is 2.69. The van der Waals surface area contributed by atoms with Crippen LogP contribution in [0.2, 0.25) is 0 Å². The third kappa shape index (κ3) is 2.12. The lowest BCUT2D eigenvalue weighted by Crippen LogP contribution is -2.32. The van der Waals surface area contributed by atoms with Crippen LogP contribution in [0.4, 0.5) is 0 Å². The Bertz CT molecular complexity index is 695. The Balaban J connectivity index is 2.07. The van der Waals surface area contributed by atoms with Crippen LogP contribution in [0.1, 0.15) is 29.2 Å². The second-order valence-corrected chi connectivity index (χ2v) is 4.89. The van der Waals surface area contributed by atoms with Gasteiger partial charge in [-0.15, -0.1) is 0 Å². The van der Waals surface area contributed by atoms with Crippen molar-refractivity contribution >= 4 is 17.1 Å². The third-order valence-corrected chi connectivity index (χ3v) is 3.71. The van der Waals surface area contributed by atoms with Crippen molar-refractivity contribution in [2.24, 2.45) is 0 Å². The molecule has 0 saturated carbocycles. The first kappa shape index (κ1) is 12.9. The van der Waals surface area contributed by atoms with Gasteiger partial charge in [0.05, 0.1) is 18.2 Å². The molecule has 6 heteroatoms. The first-order valence-electron chi connectivity index (χ1n) is 6.65. The second kappa shape index (κ2) is 5.13. The van der Waals surface area contributed by atoms with Crippen molar-refractivity contribution in [2.45, 2.75) is 18.9 Å². The molecular formula is C14H16N2O4. The number of oxazole rings is 1. The minimum Gasteiger partial charge on any atom is -0.465 e. The molecule has 0 unspecified atom stereocenters. The number of rotatable bonds is 2. The summed E-state index contributed by atoms with van der Waals surface area (Å²) in [5, 5.41) is 3.27. The Morgan fingerprint density at radius 2 is 2.15 bits per heavy atom. The fourth-order valence-electron chi connectivity index (χ4n) is 2.69. The molecule has 0 bridgehead atoms. The average Bonchev–Trinajstić information content (AvgIpc) is 2.82. The minimum absolute atomic E-state index is 0.147. The highest BCUT2D eigenvalue weighted by Gasteiger charge is 2.21. The standard InChI is InChI=1S/C14H16N2O4/c1-19-13(17)9-2-3-11-12(8-9)20-14(18)16(11)10-4-6-15-7-5-10/h2-3,8,10,15H,4-7H2,1H3. The molecule has 0 atom stereocenters. The summed E-state index contributed by atoms with van der Waals surface area (Å²) >= 11 is 0. The van der Waals surface area contributed by atoms with Crippen LogP contribution in [0, 0.1) is 0 Å². The monoisotopic (exact) mass is 276 g/mol. The number of carbonyl (C=O) groups is 1. The van der Waals surface area contributed by atoms with Crippen LogP contribution in [-0.2, 0) is 4.74 Å². The van der Waals surface area contributed by atoms with Crippen molar-refractivity contribution < 1.29 is 13.9 Å². The van der Waals surface area contributed by atoms with E-state index in [1.807, 2.05) is 0 Å². The van der Waals surface area contributed by atoms with Gasteiger partial charge < -0.3 is 14.5 Å². The quantitative estimate of drug-likeness (QED) is 0.837. The number of nitrogens with zero attached hydrogens (tertiary/aromatic N) is 1. The second-order valence-electron chi connectivity index (χ2n) is 4.89. The molecule has 0 spiro atoms. The molecule has 1 aromatic heterocycles. The normalized spacial score (nSPS) is 16.4. The Hall–Kier alpha value is -2.08. The van der Waals surface area contributed by atoms with Crippen molar-refractivity contribution in [1.29, 1.82) is 0 Å². The number of hydrogen-bond acceptors (Lipinski definition) is 5. The van der Waals surface area contributed by atoms with E-state index in [0.29, 0.717) is 11.1 Å². The van der Waals surface area contributed by atoms with Crippen LogP contribution in [0.3, 0.4) is 0 Å². The number of piperidine rings is 1. The van der Waals surface area contributed by atoms with E-state index in [0.717, 1.165) is 31.4 Å². The minimum atomic E-state index is -0.441. The van der Waals surface area contributed by atoms with E-state index in [9.17, 15) is 9.59 Å². The van der Waals surface area contributed by atoms with Gasteiger partial charge in [0.2, 0.25) is 0 Å². The smallest absolute Gasteiger partial charge is 0.420 e. The summed E-state index contributed by atoms with van der Waals surface area (Å²) in [6.07, 6.45) is 1.79. The highest BCUT2D eigenvalue weighted by Crippen LogP contribution is 2.24. The van der Waals surface area contributed by atoms with Gasteiger partial charge >= 0.3 is 11.7 Å². The topological polar surface area (TPSA) is 73.5 Å². The number of carbonyl (C=O) groups excluding carboxylic acids is 1. The largest absolute Gasteiger partial charge is 0.465 e. The van der Waals surface area contributed by atoms with Crippen molar-refractivity contribution in [2.75, 3.05) is 20.2 Å². The zero-order valence-corrected chi connectivity index (χ0v) is 11.2. The molecule has 0 radical (unpaired) electrons. The van der Waals surface area contributed by atoms with Crippen molar-refractivity contribution in [3.63, 3.8) is 0 Å². The van der Waals surface area contributed by atoms with E-state index >= 15 is 0 Å². The fraction of sp³-hybridized carbons (Fsp3) is 0.429. The molecular weight excluding hydrogens is 260 g/mol. The van der Waals surface area contributed by atoms with E-state index in [-0.39, 0.29) is 11.8 Å². The van der Waals surface area contributed by atoms with Crippen molar-refractivity contribution in [3.8, 4) is 0 Å². The van der Waals surface area contributed by atoms with E-state index in [1.54, 1.807) is 22.8 Å². The maximum absolute atomic E-state index is 12.0. The summed E-state index contributed by atoms with van der Waals surface area (Å²) in [4.78, 5) is 23.5. The van der Waals surface area contributed by atoms with Gasteiger partial charge in [0.1, 0.15) is 0 Å². The van der Waals surface area contributed by atoms with Gasteiger partial charge in [0.15, 0.2) is 5.58 Å². The molecule has 1 aliphatic rings. The number of hydrogen-bond donors (Lipinski definition) is 1. The molecule has 2 heterocycles. The van der Waals surface area contributed by atoms with Crippen LogP contribution in [0.15, 0.2) is 27.4 Å². The summed E-state index contributed by atoms with van der Waals surface area (Å²) in [6.45, 7) is 1.79. The molecule has 1 fully saturated rings. The van der Waals surface area contributed by atoms with Gasteiger partial charge in [0.25, 0.3) is 0 Å². The summed E-state index contributed by atoms with van der Waals surface area (Å²) in [6, 6.07) is 5.10. The molecule has 1 saturated heterocycles. The highest BCUT2D eigenvalue weighted by molar-refractivity contribution is 5.93. The molecule has 1 aliphatic heterocycles. The highest BCUT2D eigenvalue weighted by atomic mass is 16.5. The lowest BCUT2D eigenvalue weighted by molar-refractivity contribution is 0.0601. The predicted octanol–water partition coefficient (Wildman–Crippen LogP) is 1.31. The average molecular weight is 276 g/mol. The Labute approximate surface area is 115 Å². The first-order chi connectivity index (χ1) is 9.70. The van der Waals surface area contributed by atoms with E-state index < -0.39 is 5.97 Å². The third-order valence-electron chi connectivity index (χ3n) is 3.71. The number of ether oxygens (including phenoxy) is 1. The number of fused-ring (bicyclic) bond motifs is 1. The molecule has 106 valence electrons. The van der Waals surface area contributed by atoms with E-state index in [4.69, 9.17) is 4.42 Å². The lowest BCUT2D eigenvalue weighted by atomic mass is 10.1. The number of esters is 1. The molecule has 20 heavy (non-hydrogen) atoms. The Kier molecular flexibility index (Phi) is 3.31. The molecule has 3 rings (SSSR count). The SMILES string of the molecule is COC(=O)c1ccc2c(c1)oc(=O)n2C1CCNCC1. The summed E-state index contributed by atoms with van der Waals surface area (Å²) in [7, 11) is 1.32. The summed E-state index contributed by atoms with van der Waals surface area (Å²) in [5.41, 5.74) is 1.54. The maximum Gasteiger partial charge on any atom is 0.420 e. The maximum atomic E-state index is 12.0.